The van der Waals surface area contributed by atoms with Crippen LogP contribution in [0.3, 0.4) is 0 Å². The molecule has 1 atom stereocenters. The van der Waals surface area contributed by atoms with Crippen LogP contribution in [0.25, 0.3) is 5.69 Å². The number of aryl methyl sites for hydroxylation is 1. The standard InChI is InChI=1S/C25H25ClF2N6O2/c1-35-21-12-17(7-10-20(21)33-13-22(26)29-15-33)30-25-31-24-19(4-2-3-11-34(24)32-25)16-5-8-18(9-6-16)36-14-23(27)28/h5-10,12-13,15,19,23H,2-4,11,14H2,1H3,(H,30,32)/t19-/m1/s1. The Bertz CT molecular complexity index is 1320. The van der Waals surface area contributed by atoms with E-state index < -0.39 is 13.0 Å². The quantitative estimate of drug-likeness (QED) is 0.319. The molecule has 2 aromatic carbocycles. The van der Waals surface area contributed by atoms with Gasteiger partial charge < -0.3 is 19.4 Å². The summed E-state index contributed by atoms with van der Waals surface area (Å²) >= 11 is 5.96. The zero-order valence-corrected chi connectivity index (χ0v) is 20.3. The number of hydrogen-bond donors (Lipinski definition) is 1. The molecular formula is C25H25ClF2N6O2. The molecule has 5 rings (SSSR count). The number of nitrogens with one attached hydrogen (secondary N) is 1. The molecule has 3 heterocycles. The fourth-order valence-corrected chi connectivity index (χ4v) is 4.52. The van der Waals surface area contributed by atoms with Crippen LogP contribution >= 0.6 is 11.6 Å². The number of imidazole rings is 1. The van der Waals surface area contributed by atoms with Gasteiger partial charge in [0.2, 0.25) is 5.95 Å². The Labute approximate surface area is 211 Å². The molecule has 11 heteroatoms. The lowest BCUT2D eigenvalue weighted by molar-refractivity contribution is 0.0819. The summed E-state index contributed by atoms with van der Waals surface area (Å²) in [4.78, 5) is 8.88. The smallest absolute Gasteiger partial charge is 0.272 e. The second kappa shape index (κ2) is 10.5. The van der Waals surface area contributed by atoms with E-state index in [1.807, 2.05) is 35.0 Å². The Balaban J connectivity index is 1.37. The number of fused-ring (bicyclic) bond motifs is 1. The van der Waals surface area contributed by atoms with E-state index in [1.165, 1.54) is 0 Å². The van der Waals surface area contributed by atoms with E-state index in [4.69, 9.17) is 31.2 Å². The minimum atomic E-state index is -2.50. The third-order valence-corrected chi connectivity index (χ3v) is 6.24. The summed E-state index contributed by atoms with van der Waals surface area (Å²) < 4.78 is 39.3. The van der Waals surface area contributed by atoms with Gasteiger partial charge in [0.15, 0.2) is 0 Å². The molecule has 0 aliphatic carbocycles. The Morgan fingerprint density at radius 1 is 1.17 bits per heavy atom. The van der Waals surface area contributed by atoms with Crippen LogP contribution in [0.4, 0.5) is 20.4 Å². The van der Waals surface area contributed by atoms with Gasteiger partial charge in [0.1, 0.15) is 35.4 Å². The number of benzene rings is 2. The number of alkyl halides is 2. The van der Waals surface area contributed by atoms with Crippen LogP contribution in [0.1, 0.15) is 36.6 Å². The van der Waals surface area contributed by atoms with E-state index in [2.05, 4.69) is 10.3 Å². The first-order valence-corrected chi connectivity index (χ1v) is 12.0. The molecule has 0 fully saturated rings. The van der Waals surface area contributed by atoms with Crippen molar-refractivity contribution in [1.82, 2.24) is 24.3 Å². The maximum absolute atomic E-state index is 12.4. The lowest BCUT2D eigenvalue weighted by Crippen LogP contribution is -2.09. The maximum Gasteiger partial charge on any atom is 0.272 e. The van der Waals surface area contributed by atoms with Gasteiger partial charge in [0, 0.05) is 30.4 Å². The Morgan fingerprint density at radius 3 is 2.72 bits per heavy atom. The average molecular weight is 515 g/mol. The van der Waals surface area contributed by atoms with Crippen LogP contribution in [0, 0.1) is 0 Å². The summed E-state index contributed by atoms with van der Waals surface area (Å²) in [7, 11) is 1.60. The van der Waals surface area contributed by atoms with Gasteiger partial charge in [0.25, 0.3) is 6.43 Å². The maximum atomic E-state index is 12.4. The second-order valence-electron chi connectivity index (χ2n) is 8.45. The van der Waals surface area contributed by atoms with E-state index in [0.29, 0.717) is 22.6 Å². The predicted octanol–water partition coefficient (Wildman–Crippen LogP) is 5.83. The lowest BCUT2D eigenvalue weighted by atomic mass is 9.93. The van der Waals surface area contributed by atoms with Crippen molar-refractivity contribution >= 4 is 23.2 Å². The third-order valence-electron chi connectivity index (χ3n) is 6.05. The highest BCUT2D eigenvalue weighted by Crippen LogP contribution is 2.34. The largest absolute Gasteiger partial charge is 0.494 e. The number of hydrogen-bond acceptors (Lipinski definition) is 6. The highest BCUT2D eigenvalue weighted by atomic mass is 35.5. The minimum Gasteiger partial charge on any atom is -0.494 e. The molecule has 0 unspecified atom stereocenters. The van der Waals surface area contributed by atoms with Gasteiger partial charge in [0.05, 0.1) is 12.8 Å². The number of halogens is 3. The highest BCUT2D eigenvalue weighted by molar-refractivity contribution is 6.29. The first-order valence-electron chi connectivity index (χ1n) is 11.6. The van der Waals surface area contributed by atoms with Crippen LogP contribution in [-0.4, -0.2) is 44.5 Å². The normalized spacial score (nSPS) is 15.4. The molecule has 0 spiro atoms. The van der Waals surface area contributed by atoms with Gasteiger partial charge in [-0.3, -0.25) is 0 Å². The molecule has 1 aliphatic rings. The van der Waals surface area contributed by atoms with E-state index in [1.54, 1.807) is 36.3 Å². The Kier molecular flexibility index (Phi) is 7.04. The Hall–Kier alpha value is -3.66. The number of ether oxygens (including phenoxy) is 2. The molecule has 1 aliphatic heterocycles. The van der Waals surface area contributed by atoms with Crippen LogP contribution in [0.2, 0.25) is 5.15 Å². The zero-order chi connectivity index (χ0) is 25.1. The number of rotatable bonds is 8. The van der Waals surface area contributed by atoms with Crippen molar-refractivity contribution in [2.75, 3.05) is 19.0 Å². The number of methoxy groups -OCH3 is 1. The summed E-state index contributed by atoms with van der Waals surface area (Å²) in [6.45, 7) is 0.160. The topological polar surface area (TPSA) is 79.0 Å². The minimum absolute atomic E-state index is 0.0441. The van der Waals surface area contributed by atoms with Crippen LogP contribution in [-0.2, 0) is 6.54 Å². The van der Waals surface area contributed by atoms with E-state index in [-0.39, 0.29) is 5.92 Å². The molecule has 0 radical (unpaired) electrons. The van der Waals surface area contributed by atoms with Gasteiger partial charge in [-0.25, -0.2) is 18.4 Å². The molecule has 188 valence electrons. The molecule has 36 heavy (non-hydrogen) atoms. The first kappa shape index (κ1) is 24.1. The van der Waals surface area contributed by atoms with Crippen molar-refractivity contribution in [2.24, 2.45) is 0 Å². The molecule has 0 bridgehead atoms. The predicted molar refractivity (Wildman–Crippen MR) is 132 cm³/mol. The molecule has 0 saturated heterocycles. The summed E-state index contributed by atoms with van der Waals surface area (Å²) in [6, 6.07) is 13.0. The molecule has 2 aromatic heterocycles. The molecule has 8 nitrogen and oxygen atoms in total. The van der Waals surface area contributed by atoms with Crippen molar-refractivity contribution in [1.29, 1.82) is 0 Å². The molecule has 4 aromatic rings. The van der Waals surface area contributed by atoms with Crippen molar-refractivity contribution in [3.63, 3.8) is 0 Å². The van der Waals surface area contributed by atoms with Gasteiger partial charge in [-0.2, -0.15) is 4.98 Å². The van der Waals surface area contributed by atoms with E-state index in [9.17, 15) is 8.78 Å². The molecular weight excluding hydrogens is 490 g/mol. The van der Waals surface area contributed by atoms with Crippen molar-refractivity contribution in [3.8, 4) is 17.2 Å². The summed E-state index contributed by atoms with van der Waals surface area (Å²) in [5, 5.41) is 8.38. The Morgan fingerprint density at radius 2 is 2.00 bits per heavy atom. The molecule has 0 amide bonds. The SMILES string of the molecule is COc1cc(Nc2nc3n(n2)CCCC[C@@H]3c2ccc(OCC(F)F)cc2)ccc1-n1cnc(Cl)c1. The number of aromatic nitrogens is 5. The van der Waals surface area contributed by atoms with Crippen molar-refractivity contribution in [2.45, 2.75) is 38.2 Å². The van der Waals surface area contributed by atoms with E-state index in [0.717, 1.165) is 48.6 Å². The van der Waals surface area contributed by atoms with Crippen molar-refractivity contribution in [3.05, 3.63) is 71.5 Å². The van der Waals surface area contributed by atoms with Crippen LogP contribution < -0.4 is 14.8 Å². The summed E-state index contributed by atoms with van der Waals surface area (Å²) in [6.07, 6.45) is 3.79. The zero-order valence-electron chi connectivity index (χ0n) is 19.6. The highest BCUT2D eigenvalue weighted by Gasteiger charge is 2.25. The van der Waals surface area contributed by atoms with Gasteiger partial charge in [-0.1, -0.05) is 30.2 Å². The lowest BCUT2D eigenvalue weighted by Gasteiger charge is -2.15. The number of anilines is 2. The van der Waals surface area contributed by atoms with Gasteiger partial charge >= 0.3 is 0 Å². The average Bonchev–Trinajstić information content (AvgIpc) is 3.43. The summed E-state index contributed by atoms with van der Waals surface area (Å²) in [5.41, 5.74) is 2.63. The van der Waals surface area contributed by atoms with E-state index >= 15 is 0 Å². The molecule has 0 saturated carbocycles. The van der Waals surface area contributed by atoms with Crippen LogP contribution in [0.15, 0.2) is 55.0 Å². The fourth-order valence-electron chi connectivity index (χ4n) is 4.37. The summed E-state index contributed by atoms with van der Waals surface area (Å²) in [5.74, 6) is 2.47. The number of nitrogens with zero attached hydrogens (tertiary/aromatic N) is 5. The third kappa shape index (κ3) is 5.28. The van der Waals surface area contributed by atoms with Gasteiger partial charge in [-0.15, -0.1) is 5.10 Å². The second-order valence-corrected chi connectivity index (χ2v) is 8.84. The molecule has 1 N–H and O–H groups in total. The first-order chi connectivity index (χ1) is 17.5. The van der Waals surface area contributed by atoms with Crippen molar-refractivity contribution < 1.29 is 18.3 Å². The monoisotopic (exact) mass is 514 g/mol. The van der Waals surface area contributed by atoms with Crippen LogP contribution in [0.5, 0.6) is 11.5 Å². The fraction of sp³-hybridized carbons (Fsp3) is 0.320. The van der Waals surface area contributed by atoms with Gasteiger partial charge in [-0.05, 0) is 42.7 Å².